The molecule has 0 unspecified atom stereocenters. The van der Waals surface area contributed by atoms with Crippen molar-refractivity contribution < 1.29 is 9.26 Å². The van der Waals surface area contributed by atoms with Gasteiger partial charge in [-0.05, 0) is 12.8 Å². The van der Waals surface area contributed by atoms with Gasteiger partial charge >= 0.3 is 0 Å². The van der Waals surface area contributed by atoms with E-state index >= 15 is 0 Å². The Morgan fingerprint density at radius 3 is 2.81 bits per heavy atom. The van der Waals surface area contributed by atoms with Gasteiger partial charge in [0.15, 0.2) is 0 Å². The zero-order valence-corrected chi connectivity index (χ0v) is 10.5. The number of rotatable bonds is 8. The van der Waals surface area contributed by atoms with Crippen LogP contribution in [0, 0.1) is 0 Å². The van der Waals surface area contributed by atoms with Crippen LogP contribution in [0.3, 0.4) is 0 Å². The van der Waals surface area contributed by atoms with E-state index in [9.17, 15) is 0 Å². The van der Waals surface area contributed by atoms with Crippen molar-refractivity contribution in [2.24, 2.45) is 0 Å². The molecule has 0 bridgehead atoms. The first-order valence-electron chi connectivity index (χ1n) is 5.99. The first-order valence-corrected chi connectivity index (χ1v) is 5.99. The van der Waals surface area contributed by atoms with E-state index in [-0.39, 0.29) is 0 Å². The van der Waals surface area contributed by atoms with Gasteiger partial charge in [-0.15, -0.1) is 0 Å². The van der Waals surface area contributed by atoms with Gasteiger partial charge in [0, 0.05) is 32.2 Å². The Hall–Kier alpha value is -0.870. The summed E-state index contributed by atoms with van der Waals surface area (Å²) in [4.78, 5) is 0. The SMILES string of the molecule is CCCc1onc(CNCCOC)c1CC. The molecule has 0 radical (unpaired) electrons. The van der Waals surface area contributed by atoms with Crippen molar-refractivity contribution in [1.82, 2.24) is 10.5 Å². The molecule has 16 heavy (non-hydrogen) atoms. The molecule has 0 atom stereocenters. The summed E-state index contributed by atoms with van der Waals surface area (Å²) in [6, 6.07) is 0. The first kappa shape index (κ1) is 13.2. The monoisotopic (exact) mass is 226 g/mol. The van der Waals surface area contributed by atoms with Crippen molar-refractivity contribution in [3.8, 4) is 0 Å². The van der Waals surface area contributed by atoms with Crippen LogP contribution < -0.4 is 5.32 Å². The fourth-order valence-electron chi connectivity index (χ4n) is 1.73. The van der Waals surface area contributed by atoms with E-state index in [0.717, 1.165) is 50.4 Å². The molecule has 4 heteroatoms. The maximum absolute atomic E-state index is 5.36. The molecule has 0 spiro atoms. The Labute approximate surface area is 97.3 Å². The average Bonchev–Trinajstić information content (AvgIpc) is 2.67. The number of aromatic nitrogens is 1. The number of methoxy groups -OCH3 is 1. The summed E-state index contributed by atoms with van der Waals surface area (Å²) >= 11 is 0. The molecule has 1 aromatic rings. The van der Waals surface area contributed by atoms with Gasteiger partial charge in [0.2, 0.25) is 0 Å². The Kier molecular flexibility index (Phi) is 6.11. The summed E-state index contributed by atoms with van der Waals surface area (Å²) in [5.41, 5.74) is 2.31. The number of hydrogen-bond acceptors (Lipinski definition) is 4. The molecule has 0 saturated heterocycles. The molecule has 1 rings (SSSR count). The fraction of sp³-hybridized carbons (Fsp3) is 0.750. The molecule has 0 fully saturated rings. The third-order valence-electron chi connectivity index (χ3n) is 2.56. The highest BCUT2D eigenvalue weighted by atomic mass is 16.5. The van der Waals surface area contributed by atoms with Crippen LogP contribution in [-0.4, -0.2) is 25.4 Å². The lowest BCUT2D eigenvalue weighted by molar-refractivity contribution is 0.199. The lowest BCUT2D eigenvalue weighted by Gasteiger charge is -2.03. The third kappa shape index (κ3) is 3.61. The number of nitrogens with zero attached hydrogens (tertiary/aromatic N) is 1. The van der Waals surface area contributed by atoms with Gasteiger partial charge in [0.1, 0.15) is 11.5 Å². The number of hydrogen-bond donors (Lipinski definition) is 1. The fourth-order valence-corrected chi connectivity index (χ4v) is 1.73. The van der Waals surface area contributed by atoms with Crippen LogP contribution in [0.4, 0.5) is 0 Å². The Balaban J connectivity index is 2.51. The molecule has 92 valence electrons. The maximum atomic E-state index is 5.36. The van der Waals surface area contributed by atoms with Crippen molar-refractivity contribution >= 4 is 0 Å². The minimum Gasteiger partial charge on any atom is -0.383 e. The summed E-state index contributed by atoms with van der Waals surface area (Å²) in [6.45, 7) is 6.62. The van der Waals surface area contributed by atoms with E-state index < -0.39 is 0 Å². The van der Waals surface area contributed by atoms with Crippen LogP contribution in [0.15, 0.2) is 4.52 Å². The van der Waals surface area contributed by atoms with Gasteiger partial charge in [-0.2, -0.15) is 0 Å². The van der Waals surface area contributed by atoms with E-state index in [0.29, 0.717) is 0 Å². The highest BCUT2D eigenvalue weighted by molar-refractivity contribution is 5.23. The molecule has 4 nitrogen and oxygen atoms in total. The second kappa shape index (κ2) is 7.41. The van der Waals surface area contributed by atoms with Crippen molar-refractivity contribution in [2.75, 3.05) is 20.3 Å². The van der Waals surface area contributed by atoms with Crippen molar-refractivity contribution in [2.45, 2.75) is 39.7 Å². The summed E-state index contributed by atoms with van der Waals surface area (Å²) in [5, 5.41) is 7.41. The smallest absolute Gasteiger partial charge is 0.140 e. The van der Waals surface area contributed by atoms with Crippen LogP contribution in [0.2, 0.25) is 0 Å². The molecule has 0 aliphatic rings. The molecule has 1 aromatic heterocycles. The summed E-state index contributed by atoms with van der Waals surface area (Å²) < 4.78 is 10.3. The molecule has 0 aliphatic heterocycles. The minimum atomic E-state index is 0.723. The first-order chi connectivity index (χ1) is 7.83. The molecule has 0 aromatic carbocycles. The Morgan fingerprint density at radius 2 is 2.19 bits per heavy atom. The lowest BCUT2D eigenvalue weighted by Crippen LogP contribution is -2.19. The van der Waals surface area contributed by atoms with Crippen molar-refractivity contribution in [3.63, 3.8) is 0 Å². The zero-order valence-electron chi connectivity index (χ0n) is 10.5. The molecular formula is C12H22N2O2. The van der Waals surface area contributed by atoms with E-state index in [2.05, 4.69) is 24.3 Å². The zero-order chi connectivity index (χ0) is 11.8. The Morgan fingerprint density at radius 1 is 1.38 bits per heavy atom. The Bertz CT molecular complexity index is 297. The molecular weight excluding hydrogens is 204 g/mol. The van der Waals surface area contributed by atoms with Gasteiger partial charge in [0.05, 0.1) is 6.61 Å². The average molecular weight is 226 g/mol. The standard InChI is InChI=1S/C12H22N2O2/c1-4-6-12-10(5-2)11(14-16-12)9-13-7-8-15-3/h13H,4-9H2,1-3H3. The lowest BCUT2D eigenvalue weighted by atomic mass is 10.1. The van der Waals surface area contributed by atoms with Gasteiger partial charge in [-0.1, -0.05) is 19.0 Å². The predicted octanol–water partition coefficient (Wildman–Crippen LogP) is 1.93. The topological polar surface area (TPSA) is 47.3 Å². The number of nitrogens with one attached hydrogen (secondary N) is 1. The van der Waals surface area contributed by atoms with E-state index in [1.165, 1.54) is 5.56 Å². The second-order valence-electron chi connectivity index (χ2n) is 3.80. The molecule has 1 heterocycles. The van der Waals surface area contributed by atoms with Crippen LogP contribution in [-0.2, 0) is 24.1 Å². The predicted molar refractivity (Wildman–Crippen MR) is 63.5 cm³/mol. The second-order valence-corrected chi connectivity index (χ2v) is 3.80. The minimum absolute atomic E-state index is 0.723. The number of ether oxygens (including phenoxy) is 1. The third-order valence-corrected chi connectivity index (χ3v) is 2.56. The quantitative estimate of drug-likeness (QED) is 0.688. The van der Waals surface area contributed by atoms with Crippen molar-refractivity contribution in [3.05, 3.63) is 17.0 Å². The maximum Gasteiger partial charge on any atom is 0.140 e. The summed E-state index contributed by atoms with van der Waals surface area (Å²) in [6.07, 6.45) is 3.06. The van der Waals surface area contributed by atoms with Crippen LogP contribution in [0.25, 0.3) is 0 Å². The van der Waals surface area contributed by atoms with Gasteiger partial charge < -0.3 is 14.6 Å². The van der Waals surface area contributed by atoms with E-state index in [1.807, 2.05) is 0 Å². The summed E-state index contributed by atoms with van der Waals surface area (Å²) in [5.74, 6) is 1.05. The molecule has 0 amide bonds. The number of aryl methyl sites for hydroxylation is 1. The summed E-state index contributed by atoms with van der Waals surface area (Å²) in [7, 11) is 1.70. The highest BCUT2D eigenvalue weighted by Gasteiger charge is 2.12. The van der Waals surface area contributed by atoms with E-state index in [4.69, 9.17) is 9.26 Å². The van der Waals surface area contributed by atoms with Crippen LogP contribution in [0.1, 0.15) is 37.3 Å². The molecule has 1 N–H and O–H groups in total. The van der Waals surface area contributed by atoms with Crippen LogP contribution in [0.5, 0.6) is 0 Å². The van der Waals surface area contributed by atoms with Gasteiger partial charge in [-0.25, -0.2) is 0 Å². The van der Waals surface area contributed by atoms with Gasteiger partial charge in [-0.3, -0.25) is 0 Å². The highest BCUT2D eigenvalue weighted by Crippen LogP contribution is 2.16. The van der Waals surface area contributed by atoms with Crippen LogP contribution >= 0.6 is 0 Å². The van der Waals surface area contributed by atoms with E-state index in [1.54, 1.807) is 7.11 Å². The normalized spacial score (nSPS) is 10.9. The van der Waals surface area contributed by atoms with Crippen molar-refractivity contribution in [1.29, 1.82) is 0 Å². The van der Waals surface area contributed by atoms with Gasteiger partial charge in [0.25, 0.3) is 0 Å². The molecule has 0 aliphatic carbocycles. The largest absolute Gasteiger partial charge is 0.383 e. The molecule has 0 saturated carbocycles.